The smallest absolute Gasteiger partial charge is 0.228 e. The first-order valence-electron chi connectivity index (χ1n) is 4.82. The van der Waals surface area contributed by atoms with Crippen LogP contribution in [0.4, 0.5) is 0 Å². The van der Waals surface area contributed by atoms with Crippen molar-refractivity contribution in [3.8, 4) is 0 Å². The number of hydrogen-bond acceptors (Lipinski definition) is 3. The summed E-state index contributed by atoms with van der Waals surface area (Å²) in [4.78, 5) is 13.1. The standard InChI is InChI=1S/C11H11BrN2O2/c1-14(2)11(15)6-9-8-4-3-7(12)5-10(8)16-13-9/h3-5H,6H2,1-2H3. The predicted octanol–water partition coefficient (Wildman–Crippen LogP) is 2.22. The Morgan fingerprint density at radius 1 is 1.50 bits per heavy atom. The zero-order valence-corrected chi connectivity index (χ0v) is 10.6. The predicted molar refractivity (Wildman–Crippen MR) is 64.1 cm³/mol. The first-order valence-corrected chi connectivity index (χ1v) is 5.61. The molecule has 0 bridgehead atoms. The van der Waals surface area contributed by atoms with Crippen molar-refractivity contribution in [2.24, 2.45) is 0 Å². The van der Waals surface area contributed by atoms with Gasteiger partial charge in [0, 0.05) is 24.0 Å². The average molecular weight is 283 g/mol. The van der Waals surface area contributed by atoms with Crippen LogP contribution in [0.15, 0.2) is 27.2 Å². The summed E-state index contributed by atoms with van der Waals surface area (Å²) in [5, 5.41) is 4.80. The van der Waals surface area contributed by atoms with E-state index in [1.807, 2.05) is 18.2 Å². The summed E-state index contributed by atoms with van der Waals surface area (Å²) in [5.74, 6) is 0.0121. The first-order chi connectivity index (χ1) is 7.58. The van der Waals surface area contributed by atoms with E-state index >= 15 is 0 Å². The van der Waals surface area contributed by atoms with Gasteiger partial charge >= 0.3 is 0 Å². The molecule has 0 fully saturated rings. The van der Waals surface area contributed by atoms with E-state index < -0.39 is 0 Å². The molecule has 84 valence electrons. The topological polar surface area (TPSA) is 46.3 Å². The molecule has 0 atom stereocenters. The maximum atomic E-state index is 11.6. The molecule has 1 heterocycles. The lowest BCUT2D eigenvalue weighted by Crippen LogP contribution is -2.23. The molecule has 1 aromatic carbocycles. The molecule has 1 aromatic heterocycles. The van der Waals surface area contributed by atoms with Gasteiger partial charge in [0.15, 0.2) is 5.58 Å². The highest BCUT2D eigenvalue weighted by molar-refractivity contribution is 9.10. The lowest BCUT2D eigenvalue weighted by Gasteiger charge is -2.07. The fourth-order valence-corrected chi connectivity index (χ4v) is 1.73. The molecule has 2 aromatic rings. The number of amides is 1. The SMILES string of the molecule is CN(C)C(=O)Cc1noc2cc(Br)ccc12. The van der Waals surface area contributed by atoms with Crippen molar-refractivity contribution >= 4 is 32.8 Å². The van der Waals surface area contributed by atoms with Crippen molar-refractivity contribution in [3.63, 3.8) is 0 Å². The number of carbonyl (C=O) groups excluding carboxylic acids is 1. The third-order valence-electron chi connectivity index (χ3n) is 2.33. The number of likely N-dealkylation sites (N-methyl/N-ethyl adjacent to an activating group) is 1. The Labute approximate surface area is 101 Å². The molecule has 0 N–H and O–H groups in total. The second-order valence-corrected chi connectivity index (χ2v) is 4.65. The Hall–Kier alpha value is -1.36. The minimum absolute atomic E-state index is 0.0121. The number of carbonyl (C=O) groups is 1. The van der Waals surface area contributed by atoms with Gasteiger partial charge in [-0.25, -0.2) is 0 Å². The molecule has 0 spiro atoms. The van der Waals surface area contributed by atoms with Crippen LogP contribution in [-0.2, 0) is 11.2 Å². The minimum Gasteiger partial charge on any atom is -0.356 e. The monoisotopic (exact) mass is 282 g/mol. The van der Waals surface area contributed by atoms with E-state index in [9.17, 15) is 4.79 Å². The summed E-state index contributed by atoms with van der Waals surface area (Å²) in [7, 11) is 3.45. The van der Waals surface area contributed by atoms with E-state index in [0.717, 1.165) is 9.86 Å². The average Bonchev–Trinajstić information content (AvgIpc) is 2.60. The quantitative estimate of drug-likeness (QED) is 0.849. The summed E-state index contributed by atoms with van der Waals surface area (Å²) in [6.45, 7) is 0. The van der Waals surface area contributed by atoms with Crippen molar-refractivity contribution < 1.29 is 9.32 Å². The molecule has 0 saturated heterocycles. The van der Waals surface area contributed by atoms with Gasteiger partial charge in [-0.2, -0.15) is 0 Å². The molecule has 2 rings (SSSR count). The van der Waals surface area contributed by atoms with E-state index in [0.29, 0.717) is 11.3 Å². The second kappa shape index (κ2) is 4.25. The first kappa shape index (κ1) is 11.1. The number of halogens is 1. The zero-order chi connectivity index (χ0) is 11.7. The van der Waals surface area contributed by atoms with Gasteiger partial charge in [0.05, 0.1) is 6.42 Å². The van der Waals surface area contributed by atoms with E-state index in [4.69, 9.17) is 4.52 Å². The normalized spacial score (nSPS) is 10.7. The highest BCUT2D eigenvalue weighted by atomic mass is 79.9. The molecule has 0 aliphatic heterocycles. The van der Waals surface area contributed by atoms with E-state index in [1.54, 1.807) is 19.0 Å². The molecule has 1 amide bonds. The minimum atomic E-state index is 0.0121. The highest BCUT2D eigenvalue weighted by Crippen LogP contribution is 2.23. The van der Waals surface area contributed by atoms with Crippen LogP contribution in [-0.4, -0.2) is 30.1 Å². The van der Waals surface area contributed by atoms with Gasteiger partial charge in [-0.15, -0.1) is 0 Å². The molecule has 0 unspecified atom stereocenters. The van der Waals surface area contributed by atoms with Crippen LogP contribution in [0.2, 0.25) is 0 Å². The summed E-state index contributed by atoms with van der Waals surface area (Å²) in [5.41, 5.74) is 1.37. The Bertz CT molecular complexity index is 534. The Balaban J connectivity index is 2.35. The van der Waals surface area contributed by atoms with Crippen molar-refractivity contribution in [2.45, 2.75) is 6.42 Å². The number of benzene rings is 1. The molecule has 16 heavy (non-hydrogen) atoms. The maximum absolute atomic E-state index is 11.6. The molecule has 4 nitrogen and oxygen atoms in total. The lowest BCUT2D eigenvalue weighted by atomic mass is 10.1. The number of rotatable bonds is 2. The number of fused-ring (bicyclic) bond motifs is 1. The second-order valence-electron chi connectivity index (χ2n) is 3.73. The summed E-state index contributed by atoms with van der Waals surface area (Å²) in [6, 6.07) is 5.64. The molecule has 0 aliphatic rings. The van der Waals surface area contributed by atoms with Crippen LogP contribution in [0.5, 0.6) is 0 Å². The van der Waals surface area contributed by atoms with E-state index in [2.05, 4.69) is 21.1 Å². The summed E-state index contributed by atoms with van der Waals surface area (Å²) in [6.07, 6.45) is 0.266. The van der Waals surface area contributed by atoms with E-state index in [1.165, 1.54) is 0 Å². The highest BCUT2D eigenvalue weighted by Gasteiger charge is 2.13. The van der Waals surface area contributed by atoms with Crippen LogP contribution in [0.1, 0.15) is 5.69 Å². The lowest BCUT2D eigenvalue weighted by molar-refractivity contribution is -0.128. The molecular formula is C11H11BrN2O2. The molecule has 5 heteroatoms. The number of hydrogen-bond donors (Lipinski definition) is 0. The largest absolute Gasteiger partial charge is 0.356 e. The molecular weight excluding hydrogens is 272 g/mol. The fraction of sp³-hybridized carbons (Fsp3) is 0.273. The molecule has 0 radical (unpaired) electrons. The van der Waals surface area contributed by atoms with Gasteiger partial charge in [0.1, 0.15) is 5.69 Å². The van der Waals surface area contributed by atoms with Crippen LogP contribution in [0, 0.1) is 0 Å². The molecule has 0 aliphatic carbocycles. The van der Waals surface area contributed by atoms with Gasteiger partial charge in [0.2, 0.25) is 5.91 Å². The number of nitrogens with zero attached hydrogens (tertiary/aromatic N) is 2. The van der Waals surface area contributed by atoms with Gasteiger partial charge in [0.25, 0.3) is 0 Å². The van der Waals surface area contributed by atoms with Crippen molar-refractivity contribution in [2.75, 3.05) is 14.1 Å². The molecule has 0 saturated carbocycles. The van der Waals surface area contributed by atoms with Crippen molar-refractivity contribution in [1.82, 2.24) is 10.1 Å². The third-order valence-corrected chi connectivity index (χ3v) is 2.82. The third kappa shape index (κ3) is 2.09. The van der Waals surface area contributed by atoms with Crippen LogP contribution >= 0.6 is 15.9 Å². The van der Waals surface area contributed by atoms with Gasteiger partial charge in [-0.3, -0.25) is 4.79 Å². The Kier molecular flexibility index (Phi) is 2.96. The number of aromatic nitrogens is 1. The Morgan fingerprint density at radius 2 is 2.25 bits per heavy atom. The Morgan fingerprint density at radius 3 is 2.94 bits per heavy atom. The van der Waals surface area contributed by atoms with Crippen LogP contribution in [0.25, 0.3) is 11.0 Å². The fourth-order valence-electron chi connectivity index (χ4n) is 1.39. The summed E-state index contributed by atoms with van der Waals surface area (Å²) < 4.78 is 6.09. The van der Waals surface area contributed by atoms with Crippen LogP contribution in [0.3, 0.4) is 0 Å². The van der Waals surface area contributed by atoms with Gasteiger partial charge in [-0.1, -0.05) is 21.1 Å². The van der Waals surface area contributed by atoms with Gasteiger partial charge < -0.3 is 9.42 Å². The maximum Gasteiger partial charge on any atom is 0.228 e. The van der Waals surface area contributed by atoms with E-state index in [-0.39, 0.29) is 12.3 Å². The van der Waals surface area contributed by atoms with Crippen molar-refractivity contribution in [1.29, 1.82) is 0 Å². The summed E-state index contributed by atoms with van der Waals surface area (Å²) >= 11 is 3.35. The zero-order valence-electron chi connectivity index (χ0n) is 9.03. The van der Waals surface area contributed by atoms with Crippen molar-refractivity contribution in [3.05, 3.63) is 28.4 Å². The van der Waals surface area contributed by atoms with Crippen LogP contribution < -0.4 is 0 Å². The van der Waals surface area contributed by atoms with Gasteiger partial charge in [-0.05, 0) is 18.2 Å².